The third-order valence-corrected chi connectivity index (χ3v) is 5.20. The van der Waals surface area contributed by atoms with Gasteiger partial charge in [-0.1, -0.05) is 0 Å². The Bertz CT molecular complexity index is 893. The molecule has 26 heavy (non-hydrogen) atoms. The molecule has 0 radical (unpaired) electrons. The van der Waals surface area contributed by atoms with E-state index in [0.29, 0.717) is 17.5 Å². The Labute approximate surface area is 149 Å². The summed E-state index contributed by atoms with van der Waals surface area (Å²) in [7, 11) is 0. The highest BCUT2D eigenvalue weighted by Gasteiger charge is 2.42. The van der Waals surface area contributed by atoms with Crippen LogP contribution in [0.2, 0.25) is 0 Å². The Morgan fingerprint density at radius 2 is 1.92 bits per heavy atom. The lowest BCUT2D eigenvalue weighted by molar-refractivity contribution is 0.0777. The van der Waals surface area contributed by atoms with Crippen LogP contribution < -0.4 is 4.90 Å². The molecule has 2 unspecified atom stereocenters. The van der Waals surface area contributed by atoms with E-state index in [1.165, 1.54) is 6.33 Å². The molecule has 0 bridgehead atoms. The summed E-state index contributed by atoms with van der Waals surface area (Å²) >= 11 is 0. The molecule has 0 spiro atoms. The van der Waals surface area contributed by atoms with Gasteiger partial charge in [-0.15, -0.1) is 0 Å². The molecule has 0 saturated carbocycles. The molecule has 9 nitrogen and oxygen atoms in total. The maximum absolute atomic E-state index is 12.5. The Kier molecular flexibility index (Phi) is 3.44. The Morgan fingerprint density at radius 1 is 1.12 bits per heavy atom. The fourth-order valence-corrected chi connectivity index (χ4v) is 3.93. The molecule has 0 aromatic carbocycles. The number of hydrogen-bond donors (Lipinski definition) is 1. The second-order valence-electron chi connectivity index (χ2n) is 6.79. The first-order chi connectivity index (χ1) is 12.8. The second-order valence-corrected chi connectivity index (χ2v) is 6.79. The summed E-state index contributed by atoms with van der Waals surface area (Å²) in [4.78, 5) is 32.2. The van der Waals surface area contributed by atoms with Gasteiger partial charge in [-0.3, -0.25) is 4.79 Å². The molecule has 0 aliphatic carbocycles. The number of nitrogens with one attached hydrogen (secondary N) is 1. The molecule has 5 rings (SSSR count). The van der Waals surface area contributed by atoms with Gasteiger partial charge in [0.2, 0.25) is 0 Å². The quantitative estimate of drug-likeness (QED) is 0.743. The van der Waals surface area contributed by atoms with Gasteiger partial charge in [0.25, 0.3) is 5.91 Å². The lowest BCUT2D eigenvalue weighted by Gasteiger charge is -2.22. The minimum absolute atomic E-state index is 0.0338. The second kappa shape index (κ2) is 5.94. The highest BCUT2D eigenvalue weighted by atomic mass is 16.2. The summed E-state index contributed by atoms with van der Waals surface area (Å²) in [6.45, 7) is 3.34. The van der Waals surface area contributed by atoms with Crippen molar-refractivity contribution in [2.24, 2.45) is 11.8 Å². The third-order valence-electron chi connectivity index (χ3n) is 5.20. The van der Waals surface area contributed by atoms with Crippen LogP contribution in [0.15, 0.2) is 43.4 Å². The molecule has 2 saturated heterocycles. The lowest BCUT2D eigenvalue weighted by Crippen LogP contribution is -2.33. The van der Waals surface area contributed by atoms with E-state index in [4.69, 9.17) is 0 Å². The number of imidazole rings is 1. The highest BCUT2D eigenvalue weighted by Crippen LogP contribution is 2.34. The number of carbonyl (C=O) groups is 1. The molecular weight excluding hydrogens is 332 g/mol. The largest absolute Gasteiger partial charge is 0.356 e. The van der Waals surface area contributed by atoms with Gasteiger partial charge in [-0.05, 0) is 6.07 Å². The van der Waals surface area contributed by atoms with Crippen LogP contribution in [0.1, 0.15) is 10.5 Å². The number of likely N-dealkylation sites (tertiary alicyclic amines) is 1. The SMILES string of the molecule is O=C(c1cnc[nH]1)N1CC2CN(c3cc(-n4cccn4)ncn3)CC2C1. The van der Waals surface area contributed by atoms with Crippen molar-refractivity contribution in [1.29, 1.82) is 0 Å². The maximum Gasteiger partial charge on any atom is 0.271 e. The molecule has 132 valence electrons. The number of anilines is 1. The number of aromatic nitrogens is 6. The summed E-state index contributed by atoms with van der Waals surface area (Å²) in [6.07, 6.45) is 8.30. The van der Waals surface area contributed by atoms with Gasteiger partial charge in [-0.2, -0.15) is 5.10 Å². The van der Waals surface area contributed by atoms with Gasteiger partial charge in [0.05, 0.1) is 12.5 Å². The van der Waals surface area contributed by atoms with Gasteiger partial charge in [0.15, 0.2) is 5.82 Å². The Balaban J connectivity index is 1.28. The summed E-state index contributed by atoms with van der Waals surface area (Å²) < 4.78 is 1.73. The molecule has 3 aromatic heterocycles. The van der Waals surface area contributed by atoms with Crippen molar-refractivity contribution in [3.63, 3.8) is 0 Å². The van der Waals surface area contributed by atoms with Gasteiger partial charge >= 0.3 is 0 Å². The van der Waals surface area contributed by atoms with Crippen molar-refractivity contribution in [3.8, 4) is 5.82 Å². The minimum atomic E-state index is 0.0338. The van der Waals surface area contributed by atoms with Crippen molar-refractivity contribution in [3.05, 3.63) is 49.1 Å². The van der Waals surface area contributed by atoms with Crippen LogP contribution in [0.25, 0.3) is 5.82 Å². The van der Waals surface area contributed by atoms with Gasteiger partial charge in [0, 0.05) is 56.5 Å². The van der Waals surface area contributed by atoms with Crippen molar-refractivity contribution in [2.45, 2.75) is 0 Å². The van der Waals surface area contributed by atoms with E-state index in [9.17, 15) is 4.79 Å². The Morgan fingerprint density at radius 3 is 2.62 bits per heavy atom. The summed E-state index contributed by atoms with van der Waals surface area (Å²) in [5, 5.41) is 4.22. The summed E-state index contributed by atoms with van der Waals surface area (Å²) in [6, 6.07) is 3.83. The number of carbonyl (C=O) groups excluding carboxylic acids is 1. The number of nitrogens with zero attached hydrogens (tertiary/aromatic N) is 7. The van der Waals surface area contributed by atoms with E-state index >= 15 is 0 Å². The van der Waals surface area contributed by atoms with Crippen molar-refractivity contribution >= 4 is 11.7 Å². The number of hydrogen-bond acceptors (Lipinski definition) is 6. The fourth-order valence-electron chi connectivity index (χ4n) is 3.93. The molecule has 1 amide bonds. The first-order valence-corrected chi connectivity index (χ1v) is 8.62. The van der Waals surface area contributed by atoms with Crippen LogP contribution in [-0.2, 0) is 0 Å². The van der Waals surface area contributed by atoms with E-state index in [1.807, 2.05) is 23.2 Å². The summed E-state index contributed by atoms with van der Waals surface area (Å²) in [5.41, 5.74) is 0.557. The number of aromatic amines is 1. The zero-order valence-corrected chi connectivity index (χ0v) is 14.1. The minimum Gasteiger partial charge on any atom is -0.356 e. The van der Waals surface area contributed by atoms with Crippen molar-refractivity contribution in [1.82, 2.24) is 34.6 Å². The smallest absolute Gasteiger partial charge is 0.271 e. The van der Waals surface area contributed by atoms with Crippen LogP contribution in [0.4, 0.5) is 5.82 Å². The van der Waals surface area contributed by atoms with E-state index in [1.54, 1.807) is 23.4 Å². The molecular formula is C17H18N8O. The van der Waals surface area contributed by atoms with Crippen molar-refractivity contribution in [2.75, 3.05) is 31.1 Å². The normalized spacial score (nSPS) is 22.0. The molecule has 9 heteroatoms. The van der Waals surface area contributed by atoms with Crippen molar-refractivity contribution < 1.29 is 4.79 Å². The third kappa shape index (κ3) is 2.52. The Hall–Kier alpha value is -3.23. The van der Waals surface area contributed by atoms with Gasteiger partial charge in [0.1, 0.15) is 17.8 Å². The topological polar surface area (TPSA) is 95.8 Å². The highest BCUT2D eigenvalue weighted by molar-refractivity contribution is 5.92. The van der Waals surface area contributed by atoms with Crippen LogP contribution in [-0.4, -0.2) is 66.7 Å². The zero-order valence-electron chi connectivity index (χ0n) is 14.1. The predicted octanol–water partition coefficient (Wildman–Crippen LogP) is 0.594. The average Bonchev–Trinajstić information content (AvgIpc) is 3.45. The number of fused-ring (bicyclic) bond motifs is 1. The maximum atomic E-state index is 12.5. The van der Waals surface area contributed by atoms with E-state index < -0.39 is 0 Å². The molecule has 2 fully saturated rings. The first-order valence-electron chi connectivity index (χ1n) is 8.62. The summed E-state index contributed by atoms with van der Waals surface area (Å²) in [5.74, 6) is 2.63. The number of amides is 1. The van der Waals surface area contributed by atoms with Crippen LogP contribution in [0.5, 0.6) is 0 Å². The van der Waals surface area contributed by atoms with Crippen LogP contribution in [0.3, 0.4) is 0 Å². The van der Waals surface area contributed by atoms with Gasteiger partial charge in [-0.25, -0.2) is 19.6 Å². The van der Waals surface area contributed by atoms with E-state index in [-0.39, 0.29) is 5.91 Å². The standard InChI is InChI=1S/C17H18N8O/c26-17(14-5-18-10-19-14)24-8-12-6-23(7-13(12)9-24)15-4-16(21-11-20-15)25-3-1-2-22-25/h1-5,10-13H,6-9H2,(H,18,19). The number of rotatable bonds is 3. The average molecular weight is 350 g/mol. The lowest BCUT2D eigenvalue weighted by atomic mass is 10.0. The first kappa shape index (κ1) is 15.1. The fraction of sp³-hybridized carbons (Fsp3) is 0.353. The molecule has 3 aromatic rings. The van der Waals surface area contributed by atoms with E-state index in [2.05, 4.69) is 29.9 Å². The number of H-pyrrole nitrogens is 1. The molecule has 5 heterocycles. The molecule has 2 aliphatic heterocycles. The molecule has 2 aliphatic rings. The zero-order chi connectivity index (χ0) is 17.5. The monoisotopic (exact) mass is 350 g/mol. The van der Waals surface area contributed by atoms with Crippen LogP contribution >= 0.6 is 0 Å². The van der Waals surface area contributed by atoms with Gasteiger partial charge < -0.3 is 14.8 Å². The van der Waals surface area contributed by atoms with Crippen LogP contribution in [0, 0.1) is 11.8 Å². The van der Waals surface area contributed by atoms with E-state index in [0.717, 1.165) is 37.8 Å². The molecule has 2 atom stereocenters. The molecule has 1 N–H and O–H groups in total. The predicted molar refractivity (Wildman–Crippen MR) is 92.8 cm³/mol.